The first-order chi connectivity index (χ1) is 12.1. The highest BCUT2D eigenvalue weighted by Crippen LogP contribution is 2.60. The molecule has 3 nitrogen and oxygen atoms in total. The average Bonchev–Trinajstić information content (AvgIpc) is 3.02. The maximum absolute atomic E-state index is 11.4. The van der Waals surface area contributed by atoms with Gasteiger partial charge in [0.05, 0.1) is 5.92 Å². The highest BCUT2D eigenvalue weighted by Gasteiger charge is 2.51. The fourth-order valence-corrected chi connectivity index (χ4v) is 7.03. The number of nitrogens with one attached hydrogen (secondary N) is 1. The van der Waals surface area contributed by atoms with Gasteiger partial charge in [0.15, 0.2) is 0 Å². The molecule has 5 aliphatic rings. The summed E-state index contributed by atoms with van der Waals surface area (Å²) in [5.74, 6) is 2.03. The van der Waals surface area contributed by atoms with E-state index >= 15 is 0 Å². The van der Waals surface area contributed by atoms with Crippen LogP contribution in [0.5, 0.6) is 0 Å². The minimum atomic E-state index is -0.653. The van der Waals surface area contributed by atoms with Crippen LogP contribution in [-0.4, -0.2) is 17.1 Å². The lowest BCUT2D eigenvalue weighted by atomic mass is 9.48. The Balaban J connectivity index is 1.33. The minimum absolute atomic E-state index is 0.0860. The van der Waals surface area contributed by atoms with Crippen LogP contribution in [0.1, 0.15) is 63.4 Å². The van der Waals surface area contributed by atoms with E-state index in [0.29, 0.717) is 5.41 Å². The molecular formula is C22H29NO2. The number of carbonyl (C=O) groups is 1. The van der Waals surface area contributed by atoms with E-state index in [1.54, 1.807) is 5.56 Å². The van der Waals surface area contributed by atoms with E-state index in [1.807, 2.05) is 0 Å². The Morgan fingerprint density at radius 3 is 2.12 bits per heavy atom. The number of hydrogen-bond donors (Lipinski definition) is 2. The predicted molar refractivity (Wildman–Crippen MR) is 98.7 cm³/mol. The van der Waals surface area contributed by atoms with Crippen LogP contribution in [0.2, 0.25) is 0 Å². The molecule has 25 heavy (non-hydrogen) atoms. The monoisotopic (exact) mass is 339 g/mol. The standard InChI is InChI=1S/C22H29NO2/c24-21(25)19-2-1-3-20(19)23-18-6-4-17(5-7-18)22-11-14-8-15(12-22)10-16(9-14)13-22/h4-7,14-16,19-20,23H,1-3,8-13H2,(H,24,25). The number of carboxylic acids is 1. The molecule has 4 bridgehead atoms. The summed E-state index contributed by atoms with van der Waals surface area (Å²) in [6.45, 7) is 0. The van der Waals surface area contributed by atoms with E-state index in [0.717, 1.165) is 42.7 Å². The molecule has 0 aromatic heterocycles. The van der Waals surface area contributed by atoms with Gasteiger partial charge >= 0.3 is 5.97 Å². The summed E-state index contributed by atoms with van der Waals surface area (Å²) in [5.41, 5.74) is 3.08. The smallest absolute Gasteiger partial charge is 0.308 e. The molecule has 2 atom stereocenters. The van der Waals surface area contributed by atoms with Crippen molar-refractivity contribution >= 4 is 11.7 Å². The zero-order valence-electron chi connectivity index (χ0n) is 14.9. The average molecular weight is 339 g/mol. The first kappa shape index (κ1) is 15.7. The Labute approximate surface area is 150 Å². The number of benzene rings is 1. The van der Waals surface area contributed by atoms with Crippen LogP contribution in [0.25, 0.3) is 0 Å². The lowest BCUT2D eigenvalue weighted by molar-refractivity contribution is -0.141. The van der Waals surface area contributed by atoms with Crippen molar-refractivity contribution in [3.05, 3.63) is 29.8 Å². The summed E-state index contributed by atoms with van der Waals surface area (Å²) < 4.78 is 0. The summed E-state index contributed by atoms with van der Waals surface area (Å²) in [5, 5.41) is 12.9. The van der Waals surface area contributed by atoms with Crippen LogP contribution >= 0.6 is 0 Å². The number of rotatable bonds is 4. The van der Waals surface area contributed by atoms with Crippen LogP contribution < -0.4 is 5.32 Å². The summed E-state index contributed by atoms with van der Waals surface area (Å²) in [7, 11) is 0. The molecule has 5 saturated carbocycles. The van der Waals surface area contributed by atoms with Gasteiger partial charge in [0.2, 0.25) is 0 Å². The molecule has 5 aliphatic carbocycles. The lowest BCUT2D eigenvalue weighted by Crippen LogP contribution is -2.48. The zero-order valence-corrected chi connectivity index (χ0v) is 14.9. The molecule has 6 rings (SSSR count). The third kappa shape index (κ3) is 2.67. The Morgan fingerprint density at radius 1 is 0.960 bits per heavy atom. The van der Waals surface area contributed by atoms with Gasteiger partial charge in [-0.1, -0.05) is 18.6 Å². The molecule has 3 heteroatoms. The molecule has 0 aliphatic heterocycles. The van der Waals surface area contributed by atoms with Gasteiger partial charge in [0.25, 0.3) is 0 Å². The summed E-state index contributed by atoms with van der Waals surface area (Å²) >= 11 is 0. The molecular weight excluding hydrogens is 310 g/mol. The summed E-state index contributed by atoms with van der Waals surface area (Å²) in [6, 6.07) is 9.15. The molecule has 0 radical (unpaired) electrons. The second-order valence-electron chi connectivity index (χ2n) is 9.40. The molecule has 0 spiro atoms. The number of hydrogen-bond acceptors (Lipinski definition) is 2. The van der Waals surface area contributed by atoms with Gasteiger partial charge in [0, 0.05) is 11.7 Å². The topological polar surface area (TPSA) is 49.3 Å². The quantitative estimate of drug-likeness (QED) is 0.827. The summed E-state index contributed by atoms with van der Waals surface area (Å²) in [4.78, 5) is 11.4. The van der Waals surface area contributed by atoms with Crippen LogP contribution in [0.4, 0.5) is 5.69 Å². The van der Waals surface area contributed by atoms with E-state index in [1.165, 1.54) is 38.5 Å². The normalized spacial score (nSPS) is 41.8. The molecule has 0 saturated heterocycles. The lowest BCUT2D eigenvalue weighted by Gasteiger charge is -2.57. The Morgan fingerprint density at radius 2 is 1.56 bits per heavy atom. The first-order valence-corrected chi connectivity index (χ1v) is 10.2. The summed E-state index contributed by atoms with van der Waals surface area (Å²) in [6.07, 6.45) is 11.4. The van der Waals surface area contributed by atoms with Gasteiger partial charge in [-0.25, -0.2) is 0 Å². The zero-order chi connectivity index (χ0) is 17.0. The molecule has 0 heterocycles. The molecule has 1 aromatic rings. The van der Waals surface area contributed by atoms with Gasteiger partial charge in [-0.15, -0.1) is 0 Å². The second-order valence-corrected chi connectivity index (χ2v) is 9.40. The Bertz CT molecular complexity index is 630. The maximum atomic E-state index is 11.4. The maximum Gasteiger partial charge on any atom is 0.308 e. The van der Waals surface area contributed by atoms with Crippen molar-refractivity contribution in [1.29, 1.82) is 0 Å². The van der Waals surface area contributed by atoms with E-state index in [9.17, 15) is 9.90 Å². The third-order valence-corrected chi connectivity index (χ3v) is 7.72. The van der Waals surface area contributed by atoms with Gasteiger partial charge in [0.1, 0.15) is 0 Å². The van der Waals surface area contributed by atoms with Crippen molar-refractivity contribution in [3.63, 3.8) is 0 Å². The molecule has 5 fully saturated rings. The fourth-order valence-electron chi connectivity index (χ4n) is 7.03. The molecule has 0 amide bonds. The molecule has 134 valence electrons. The van der Waals surface area contributed by atoms with Crippen molar-refractivity contribution in [3.8, 4) is 0 Å². The first-order valence-electron chi connectivity index (χ1n) is 10.2. The molecule has 1 aromatic carbocycles. The van der Waals surface area contributed by atoms with E-state index in [-0.39, 0.29) is 12.0 Å². The van der Waals surface area contributed by atoms with Crippen LogP contribution in [0.3, 0.4) is 0 Å². The molecule has 2 unspecified atom stereocenters. The minimum Gasteiger partial charge on any atom is -0.481 e. The van der Waals surface area contributed by atoms with E-state index in [4.69, 9.17) is 0 Å². The van der Waals surface area contributed by atoms with Crippen molar-refractivity contribution < 1.29 is 9.90 Å². The Kier molecular flexibility index (Phi) is 3.62. The number of aliphatic carboxylic acids is 1. The van der Waals surface area contributed by atoms with Gasteiger partial charge in [-0.05, 0) is 92.2 Å². The number of carboxylic acid groups (broad SMARTS) is 1. The van der Waals surface area contributed by atoms with Crippen LogP contribution in [-0.2, 0) is 10.2 Å². The van der Waals surface area contributed by atoms with Crippen LogP contribution in [0, 0.1) is 23.7 Å². The SMILES string of the molecule is O=C(O)C1CCCC1Nc1ccc(C23CC4CC(CC(C4)C2)C3)cc1. The van der Waals surface area contributed by atoms with Crippen molar-refractivity contribution in [2.75, 3.05) is 5.32 Å². The Hall–Kier alpha value is -1.51. The molecule has 2 N–H and O–H groups in total. The van der Waals surface area contributed by atoms with E-state index < -0.39 is 5.97 Å². The third-order valence-electron chi connectivity index (χ3n) is 7.72. The van der Waals surface area contributed by atoms with Crippen molar-refractivity contribution in [2.45, 2.75) is 69.2 Å². The van der Waals surface area contributed by atoms with Gasteiger partial charge < -0.3 is 10.4 Å². The fraction of sp³-hybridized carbons (Fsp3) is 0.682. The number of anilines is 1. The second kappa shape index (κ2) is 5.75. The van der Waals surface area contributed by atoms with E-state index in [2.05, 4.69) is 29.6 Å². The van der Waals surface area contributed by atoms with Crippen molar-refractivity contribution in [2.24, 2.45) is 23.7 Å². The van der Waals surface area contributed by atoms with Gasteiger partial charge in [-0.2, -0.15) is 0 Å². The van der Waals surface area contributed by atoms with Crippen molar-refractivity contribution in [1.82, 2.24) is 0 Å². The predicted octanol–water partition coefficient (Wildman–Crippen LogP) is 4.82. The largest absolute Gasteiger partial charge is 0.481 e. The van der Waals surface area contributed by atoms with Gasteiger partial charge in [-0.3, -0.25) is 4.79 Å². The highest BCUT2D eigenvalue weighted by molar-refractivity contribution is 5.72. The highest BCUT2D eigenvalue weighted by atomic mass is 16.4. The van der Waals surface area contributed by atoms with Crippen LogP contribution in [0.15, 0.2) is 24.3 Å².